The maximum Gasteiger partial charge on any atom is 0.232 e. The molecule has 0 spiro atoms. The first-order valence-corrected chi connectivity index (χ1v) is 10.4. The Morgan fingerprint density at radius 1 is 1.22 bits per heavy atom. The van der Waals surface area contributed by atoms with Gasteiger partial charge in [0.15, 0.2) is 0 Å². The monoisotopic (exact) mass is 358 g/mol. The van der Waals surface area contributed by atoms with Crippen molar-refractivity contribution in [2.45, 2.75) is 6.10 Å². The Morgan fingerprint density at radius 3 is 2.39 bits per heavy atom. The highest BCUT2D eigenvalue weighted by Gasteiger charge is 2.25. The van der Waals surface area contributed by atoms with Gasteiger partial charge in [-0.3, -0.25) is 4.79 Å². The lowest BCUT2D eigenvalue weighted by molar-refractivity contribution is -0.129. The molecule has 23 heavy (non-hydrogen) atoms. The zero-order valence-electron chi connectivity index (χ0n) is 13.1. The van der Waals surface area contributed by atoms with E-state index >= 15 is 0 Å². The number of rotatable bonds is 6. The first-order valence-electron chi connectivity index (χ1n) is 7.41. The van der Waals surface area contributed by atoms with Crippen molar-refractivity contribution in [3.63, 3.8) is 0 Å². The summed E-state index contributed by atoms with van der Waals surface area (Å²) in [4.78, 5) is 13.8. The molecule has 128 valence electrons. The Labute approximate surface area is 141 Å². The Bertz CT molecular complexity index is 614. The molecule has 0 aromatic heterocycles. The lowest BCUT2D eigenvalue weighted by atomic mass is 10.1. The largest absolute Gasteiger partial charge is 0.388 e. The first kappa shape index (κ1) is 18.3. The van der Waals surface area contributed by atoms with Gasteiger partial charge in [0.1, 0.15) is 0 Å². The van der Waals surface area contributed by atoms with Gasteiger partial charge in [0.2, 0.25) is 15.9 Å². The summed E-state index contributed by atoms with van der Waals surface area (Å²) in [5, 5.41) is 10.0. The van der Waals surface area contributed by atoms with Gasteiger partial charge in [-0.2, -0.15) is 4.31 Å². The van der Waals surface area contributed by atoms with Crippen LogP contribution in [0.1, 0.15) is 11.7 Å². The molecule has 1 fully saturated rings. The molecule has 0 radical (unpaired) electrons. The molecule has 8 heteroatoms. The summed E-state index contributed by atoms with van der Waals surface area (Å²) in [7, 11) is -3.18. The standard InChI is InChI=1S/C15H22N2O4S2/c1-23(20,21)17-9-7-16(8-10-17)15(19)12-22-11-14(18)13-5-3-2-4-6-13/h2-6,14,18H,7-12H2,1H3. The molecular formula is C15H22N2O4S2. The Morgan fingerprint density at radius 2 is 1.83 bits per heavy atom. The van der Waals surface area contributed by atoms with Gasteiger partial charge in [0.05, 0.1) is 18.1 Å². The van der Waals surface area contributed by atoms with Crippen molar-refractivity contribution in [1.29, 1.82) is 0 Å². The fraction of sp³-hybridized carbons (Fsp3) is 0.533. The molecule has 2 rings (SSSR count). The Balaban J connectivity index is 1.72. The summed E-state index contributed by atoms with van der Waals surface area (Å²) >= 11 is 1.39. The van der Waals surface area contributed by atoms with E-state index in [4.69, 9.17) is 0 Å². The van der Waals surface area contributed by atoms with E-state index in [1.165, 1.54) is 22.3 Å². The molecule has 0 saturated carbocycles. The molecule has 1 heterocycles. The van der Waals surface area contributed by atoms with Crippen molar-refractivity contribution in [1.82, 2.24) is 9.21 Å². The highest BCUT2D eigenvalue weighted by atomic mass is 32.2. The molecule has 0 bridgehead atoms. The normalized spacial score (nSPS) is 17.9. The number of thioether (sulfide) groups is 1. The van der Waals surface area contributed by atoms with Crippen LogP contribution in [0, 0.1) is 0 Å². The summed E-state index contributed by atoms with van der Waals surface area (Å²) in [5.41, 5.74) is 0.842. The second-order valence-corrected chi connectivity index (χ2v) is 8.50. The maximum absolute atomic E-state index is 12.1. The molecule has 1 aliphatic heterocycles. The molecule has 1 N–H and O–H groups in total. The summed E-state index contributed by atoms with van der Waals surface area (Å²) in [6.07, 6.45) is 0.599. The second-order valence-electron chi connectivity index (χ2n) is 5.48. The number of hydrogen-bond acceptors (Lipinski definition) is 5. The van der Waals surface area contributed by atoms with Gasteiger partial charge >= 0.3 is 0 Å². The van der Waals surface area contributed by atoms with Gasteiger partial charge in [-0.1, -0.05) is 30.3 Å². The number of aliphatic hydroxyl groups is 1. The zero-order chi connectivity index (χ0) is 16.9. The van der Waals surface area contributed by atoms with E-state index < -0.39 is 16.1 Å². The highest BCUT2D eigenvalue weighted by Crippen LogP contribution is 2.18. The van der Waals surface area contributed by atoms with Crippen LogP contribution in [0.5, 0.6) is 0 Å². The number of aliphatic hydroxyl groups excluding tert-OH is 1. The number of hydrogen-bond donors (Lipinski definition) is 1. The van der Waals surface area contributed by atoms with Gasteiger partial charge in [-0.05, 0) is 5.56 Å². The van der Waals surface area contributed by atoms with Gasteiger partial charge in [-0.25, -0.2) is 8.42 Å². The quantitative estimate of drug-likeness (QED) is 0.804. The Hall–Kier alpha value is -1.09. The smallest absolute Gasteiger partial charge is 0.232 e. The van der Waals surface area contributed by atoms with E-state index in [0.717, 1.165) is 5.56 Å². The summed E-state index contributed by atoms with van der Waals surface area (Å²) in [5.74, 6) is 0.741. The predicted molar refractivity (Wildman–Crippen MR) is 91.7 cm³/mol. The first-order chi connectivity index (χ1) is 10.9. The third-order valence-electron chi connectivity index (χ3n) is 3.75. The van der Waals surface area contributed by atoms with Gasteiger partial charge in [-0.15, -0.1) is 11.8 Å². The van der Waals surface area contributed by atoms with Crippen molar-refractivity contribution in [3.8, 4) is 0 Å². The molecule has 1 aromatic rings. The summed E-state index contributed by atoms with van der Waals surface area (Å²) in [6, 6.07) is 9.35. The van der Waals surface area contributed by atoms with Gasteiger partial charge in [0.25, 0.3) is 0 Å². The van der Waals surface area contributed by atoms with Crippen LogP contribution in [-0.2, 0) is 14.8 Å². The topological polar surface area (TPSA) is 77.9 Å². The molecule has 1 amide bonds. The number of nitrogens with zero attached hydrogens (tertiary/aromatic N) is 2. The fourth-order valence-corrected chi connectivity index (χ4v) is 4.11. The molecule has 1 aliphatic rings. The lowest BCUT2D eigenvalue weighted by Gasteiger charge is -2.33. The van der Waals surface area contributed by atoms with Crippen LogP contribution in [0.3, 0.4) is 0 Å². The minimum atomic E-state index is -3.18. The summed E-state index contributed by atoms with van der Waals surface area (Å²) in [6.45, 7) is 1.55. The third-order valence-corrected chi connectivity index (χ3v) is 6.05. The third kappa shape index (κ3) is 5.49. The van der Waals surface area contributed by atoms with Crippen LogP contribution < -0.4 is 0 Å². The predicted octanol–water partition coefficient (Wildman–Crippen LogP) is 0.557. The number of amides is 1. The number of sulfonamides is 1. The van der Waals surface area contributed by atoms with E-state index in [1.54, 1.807) is 4.90 Å². The molecule has 6 nitrogen and oxygen atoms in total. The van der Waals surface area contributed by atoms with E-state index in [1.807, 2.05) is 30.3 Å². The summed E-state index contributed by atoms with van der Waals surface area (Å²) < 4.78 is 24.3. The molecule has 1 aromatic carbocycles. The molecule has 1 unspecified atom stereocenters. The number of piperazine rings is 1. The van der Waals surface area contributed by atoms with E-state index in [0.29, 0.717) is 37.7 Å². The van der Waals surface area contributed by atoms with Crippen molar-refractivity contribution < 1.29 is 18.3 Å². The van der Waals surface area contributed by atoms with Crippen LogP contribution in [0.4, 0.5) is 0 Å². The minimum Gasteiger partial charge on any atom is -0.388 e. The van der Waals surface area contributed by atoms with E-state index in [-0.39, 0.29) is 5.91 Å². The van der Waals surface area contributed by atoms with Crippen LogP contribution in [0.25, 0.3) is 0 Å². The Kier molecular flexibility index (Phi) is 6.46. The molecule has 1 saturated heterocycles. The second kappa shape index (κ2) is 8.14. The average molecular weight is 358 g/mol. The SMILES string of the molecule is CS(=O)(=O)N1CCN(C(=O)CSCC(O)c2ccccc2)CC1. The average Bonchev–Trinajstić information content (AvgIpc) is 2.54. The van der Waals surface area contributed by atoms with Crippen LogP contribution in [-0.4, -0.2) is 72.6 Å². The van der Waals surface area contributed by atoms with E-state index in [2.05, 4.69) is 0 Å². The molecular weight excluding hydrogens is 336 g/mol. The molecule has 1 atom stereocenters. The van der Waals surface area contributed by atoms with Crippen molar-refractivity contribution in [3.05, 3.63) is 35.9 Å². The zero-order valence-corrected chi connectivity index (χ0v) is 14.7. The lowest BCUT2D eigenvalue weighted by Crippen LogP contribution is -2.50. The van der Waals surface area contributed by atoms with Gasteiger partial charge in [0, 0.05) is 31.9 Å². The highest BCUT2D eigenvalue weighted by molar-refractivity contribution is 7.99. The molecule has 0 aliphatic carbocycles. The van der Waals surface area contributed by atoms with Crippen LogP contribution in [0.15, 0.2) is 30.3 Å². The van der Waals surface area contributed by atoms with Crippen LogP contribution in [0.2, 0.25) is 0 Å². The van der Waals surface area contributed by atoms with Crippen LogP contribution >= 0.6 is 11.8 Å². The maximum atomic E-state index is 12.1. The fourth-order valence-electron chi connectivity index (χ4n) is 2.39. The van der Waals surface area contributed by atoms with E-state index in [9.17, 15) is 18.3 Å². The van der Waals surface area contributed by atoms with Crippen molar-refractivity contribution in [2.24, 2.45) is 0 Å². The van der Waals surface area contributed by atoms with Crippen molar-refractivity contribution in [2.75, 3.05) is 43.9 Å². The minimum absolute atomic E-state index is 0.0107. The number of carbonyl (C=O) groups excluding carboxylic acids is 1. The van der Waals surface area contributed by atoms with Gasteiger partial charge < -0.3 is 10.0 Å². The number of carbonyl (C=O) groups is 1. The van der Waals surface area contributed by atoms with Crippen molar-refractivity contribution >= 4 is 27.7 Å². The number of benzene rings is 1.